The van der Waals surface area contributed by atoms with Crippen molar-refractivity contribution in [2.45, 2.75) is 39.2 Å². The Labute approximate surface area is 147 Å². The van der Waals surface area contributed by atoms with E-state index >= 15 is 0 Å². The molecule has 0 bridgehead atoms. The topological polar surface area (TPSA) is 58.2 Å². The zero-order chi connectivity index (χ0) is 18.2. The third kappa shape index (κ3) is 5.71. The zero-order valence-electron chi connectivity index (χ0n) is 14.5. The van der Waals surface area contributed by atoms with E-state index in [1.165, 1.54) is 17.7 Å². The summed E-state index contributed by atoms with van der Waals surface area (Å²) in [5.74, 6) is -1.17. The van der Waals surface area contributed by atoms with Crippen LogP contribution in [0.4, 0.5) is 10.1 Å². The first kappa shape index (κ1) is 18.6. The van der Waals surface area contributed by atoms with Crippen molar-refractivity contribution < 1.29 is 14.0 Å². The highest BCUT2D eigenvalue weighted by molar-refractivity contribution is 5.96. The Morgan fingerprint density at radius 2 is 1.68 bits per heavy atom. The van der Waals surface area contributed by atoms with Crippen LogP contribution in [0.3, 0.4) is 0 Å². The zero-order valence-corrected chi connectivity index (χ0v) is 14.5. The third-order valence-corrected chi connectivity index (χ3v) is 3.97. The van der Waals surface area contributed by atoms with Crippen molar-refractivity contribution >= 4 is 17.5 Å². The number of hydrogen-bond acceptors (Lipinski definition) is 2. The average molecular weight is 342 g/mol. The highest BCUT2D eigenvalue weighted by atomic mass is 19.1. The van der Waals surface area contributed by atoms with Gasteiger partial charge in [0.05, 0.1) is 5.69 Å². The Balaban J connectivity index is 1.80. The van der Waals surface area contributed by atoms with Crippen LogP contribution in [0.25, 0.3) is 0 Å². The first-order valence-corrected chi connectivity index (χ1v) is 8.42. The number of halogens is 1. The first-order valence-electron chi connectivity index (χ1n) is 8.42. The van der Waals surface area contributed by atoms with Crippen LogP contribution in [-0.2, 0) is 22.4 Å². The van der Waals surface area contributed by atoms with Gasteiger partial charge in [-0.2, -0.15) is 0 Å². The lowest BCUT2D eigenvalue weighted by Gasteiger charge is -2.14. The largest absolute Gasteiger partial charge is 0.345 e. The molecule has 5 heteroatoms. The lowest BCUT2D eigenvalue weighted by atomic mass is 10.1. The van der Waals surface area contributed by atoms with Crippen LogP contribution < -0.4 is 10.6 Å². The molecule has 2 aromatic rings. The fourth-order valence-electron chi connectivity index (χ4n) is 2.38. The van der Waals surface area contributed by atoms with E-state index in [-0.39, 0.29) is 11.6 Å². The fourth-order valence-corrected chi connectivity index (χ4v) is 2.38. The molecule has 2 amide bonds. The summed E-state index contributed by atoms with van der Waals surface area (Å²) in [5.41, 5.74) is 2.44. The van der Waals surface area contributed by atoms with Crippen molar-refractivity contribution in [1.82, 2.24) is 5.32 Å². The Hall–Kier alpha value is -2.69. The van der Waals surface area contributed by atoms with Gasteiger partial charge < -0.3 is 10.6 Å². The molecule has 0 heterocycles. The predicted octanol–water partition coefficient (Wildman–Crippen LogP) is 3.46. The smallest absolute Gasteiger partial charge is 0.246 e. The predicted molar refractivity (Wildman–Crippen MR) is 96.8 cm³/mol. The molecular weight excluding hydrogens is 319 g/mol. The van der Waals surface area contributed by atoms with Crippen molar-refractivity contribution in [3.63, 3.8) is 0 Å². The lowest BCUT2D eigenvalue weighted by Crippen LogP contribution is -2.41. The van der Waals surface area contributed by atoms with E-state index in [0.717, 1.165) is 12.0 Å². The van der Waals surface area contributed by atoms with Gasteiger partial charge in [0.25, 0.3) is 0 Å². The summed E-state index contributed by atoms with van der Waals surface area (Å²) in [4.78, 5) is 24.1. The first-order chi connectivity index (χ1) is 12.0. The number of para-hydroxylation sites is 1. The molecule has 4 nitrogen and oxygen atoms in total. The molecule has 0 aliphatic heterocycles. The van der Waals surface area contributed by atoms with E-state index in [9.17, 15) is 14.0 Å². The lowest BCUT2D eigenvalue weighted by molar-refractivity contribution is -0.126. The summed E-state index contributed by atoms with van der Waals surface area (Å²) in [6.45, 7) is 3.67. The molecule has 25 heavy (non-hydrogen) atoms. The fraction of sp³-hybridized carbons (Fsp3) is 0.300. The van der Waals surface area contributed by atoms with E-state index in [1.54, 1.807) is 19.1 Å². The minimum Gasteiger partial charge on any atom is -0.345 e. The minimum absolute atomic E-state index is 0.101. The van der Waals surface area contributed by atoms with Crippen LogP contribution in [0, 0.1) is 5.82 Å². The van der Waals surface area contributed by atoms with Gasteiger partial charge in [-0.1, -0.05) is 43.3 Å². The molecule has 0 saturated heterocycles. The highest BCUT2D eigenvalue weighted by Crippen LogP contribution is 2.12. The molecule has 132 valence electrons. The highest BCUT2D eigenvalue weighted by Gasteiger charge is 2.16. The van der Waals surface area contributed by atoms with Crippen molar-refractivity contribution in [1.29, 1.82) is 0 Å². The number of carbonyl (C=O) groups is 2. The molecule has 2 rings (SSSR count). The molecule has 0 radical (unpaired) electrons. The maximum Gasteiger partial charge on any atom is 0.246 e. The molecule has 0 fully saturated rings. The third-order valence-electron chi connectivity index (χ3n) is 3.97. The van der Waals surface area contributed by atoms with Gasteiger partial charge in [-0.15, -0.1) is 0 Å². The minimum atomic E-state index is -0.741. The average Bonchev–Trinajstić information content (AvgIpc) is 2.62. The Kier molecular flexibility index (Phi) is 6.69. The molecule has 0 aliphatic carbocycles. The van der Waals surface area contributed by atoms with Gasteiger partial charge in [0.2, 0.25) is 11.8 Å². The maximum absolute atomic E-state index is 13.5. The molecule has 1 atom stereocenters. The van der Waals surface area contributed by atoms with Gasteiger partial charge in [-0.05, 0) is 43.0 Å². The van der Waals surface area contributed by atoms with Gasteiger partial charge >= 0.3 is 0 Å². The van der Waals surface area contributed by atoms with Crippen LogP contribution in [-0.4, -0.2) is 17.9 Å². The summed E-state index contributed by atoms with van der Waals surface area (Å²) in [6, 6.07) is 13.3. The van der Waals surface area contributed by atoms with Crippen LogP contribution in [0.1, 0.15) is 31.4 Å². The van der Waals surface area contributed by atoms with Gasteiger partial charge in [0.1, 0.15) is 11.9 Å². The number of amides is 2. The van der Waals surface area contributed by atoms with Gasteiger partial charge in [0.15, 0.2) is 0 Å². The summed E-state index contributed by atoms with van der Waals surface area (Å²) >= 11 is 0. The molecule has 1 unspecified atom stereocenters. The van der Waals surface area contributed by atoms with Crippen LogP contribution in [0.2, 0.25) is 0 Å². The molecule has 2 N–H and O–H groups in total. The second-order valence-corrected chi connectivity index (χ2v) is 5.93. The van der Waals surface area contributed by atoms with Crippen LogP contribution >= 0.6 is 0 Å². The van der Waals surface area contributed by atoms with E-state index in [2.05, 4.69) is 29.7 Å². The monoisotopic (exact) mass is 342 g/mol. The summed E-state index contributed by atoms with van der Waals surface area (Å²) in [6.07, 6.45) is 1.88. The molecule has 0 saturated carbocycles. The molecule has 0 spiro atoms. The Morgan fingerprint density at radius 3 is 2.32 bits per heavy atom. The second-order valence-electron chi connectivity index (χ2n) is 5.93. The van der Waals surface area contributed by atoms with Crippen molar-refractivity contribution in [3.8, 4) is 0 Å². The SMILES string of the molecule is CCc1ccc(CCC(=O)NC(C)C(=O)Nc2ccccc2F)cc1. The quantitative estimate of drug-likeness (QED) is 0.809. The normalized spacial score (nSPS) is 11.6. The van der Waals surface area contributed by atoms with Crippen LogP contribution in [0.5, 0.6) is 0 Å². The number of nitrogens with one attached hydrogen (secondary N) is 2. The number of carbonyl (C=O) groups excluding carboxylic acids is 2. The second kappa shape index (κ2) is 8.97. The summed E-state index contributed by atoms with van der Waals surface area (Å²) in [5, 5.41) is 5.11. The number of rotatable bonds is 7. The number of benzene rings is 2. The van der Waals surface area contributed by atoms with E-state index in [0.29, 0.717) is 12.8 Å². The standard InChI is InChI=1S/C20H23FN2O2/c1-3-15-8-10-16(11-9-15)12-13-19(24)22-14(2)20(25)23-18-7-5-4-6-17(18)21/h4-11,14H,3,12-13H2,1-2H3,(H,22,24)(H,23,25). The Morgan fingerprint density at radius 1 is 1.04 bits per heavy atom. The van der Waals surface area contributed by atoms with Gasteiger partial charge in [0, 0.05) is 6.42 Å². The van der Waals surface area contributed by atoms with Crippen molar-refractivity contribution in [3.05, 3.63) is 65.5 Å². The number of aryl methyl sites for hydroxylation is 2. The molecular formula is C20H23FN2O2. The van der Waals surface area contributed by atoms with Crippen molar-refractivity contribution in [2.24, 2.45) is 0 Å². The Bertz CT molecular complexity index is 729. The summed E-state index contributed by atoms with van der Waals surface area (Å²) < 4.78 is 13.5. The van der Waals surface area contributed by atoms with E-state index < -0.39 is 17.8 Å². The summed E-state index contributed by atoms with van der Waals surface area (Å²) in [7, 11) is 0. The van der Waals surface area contributed by atoms with E-state index in [1.807, 2.05) is 12.1 Å². The van der Waals surface area contributed by atoms with Gasteiger partial charge in [-0.25, -0.2) is 4.39 Å². The van der Waals surface area contributed by atoms with Crippen LogP contribution in [0.15, 0.2) is 48.5 Å². The number of anilines is 1. The molecule has 2 aromatic carbocycles. The number of hydrogen-bond donors (Lipinski definition) is 2. The van der Waals surface area contributed by atoms with E-state index in [4.69, 9.17) is 0 Å². The molecule has 0 aromatic heterocycles. The van der Waals surface area contributed by atoms with Crippen molar-refractivity contribution in [2.75, 3.05) is 5.32 Å². The maximum atomic E-state index is 13.5. The molecule has 0 aliphatic rings. The van der Waals surface area contributed by atoms with Gasteiger partial charge in [-0.3, -0.25) is 9.59 Å².